The zero-order valence-electron chi connectivity index (χ0n) is 17.7. The lowest BCUT2D eigenvalue weighted by Gasteiger charge is -2.22. The molecule has 1 fully saturated rings. The molecule has 1 saturated heterocycles. The molecule has 5 rings (SSSR count). The van der Waals surface area contributed by atoms with Gasteiger partial charge >= 0.3 is 5.97 Å². The van der Waals surface area contributed by atoms with Gasteiger partial charge in [0.15, 0.2) is 0 Å². The number of anilines is 2. The van der Waals surface area contributed by atoms with E-state index >= 15 is 0 Å². The van der Waals surface area contributed by atoms with Crippen molar-refractivity contribution in [2.45, 2.75) is 17.6 Å². The fourth-order valence-corrected chi connectivity index (χ4v) is 7.36. The lowest BCUT2D eigenvalue weighted by atomic mass is 10.1. The van der Waals surface area contributed by atoms with Gasteiger partial charge in [-0.2, -0.15) is 0 Å². The maximum absolute atomic E-state index is 14.3. The van der Waals surface area contributed by atoms with E-state index in [2.05, 4.69) is 4.72 Å². The highest BCUT2D eigenvalue weighted by atomic mass is 32.2. The first-order valence-electron chi connectivity index (χ1n) is 10.5. The Hall–Kier alpha value is -3.17. The summed E-state index contributed by atoms with van der Waals surface area (Å²) >= 11 is 1.04. The quantitative estimate of drug-likeness (QED) is 0.406. The Labute approximate surface area is 194 Å². The molecule has 1 aliphatic heterocycles. The number of aliphatic carboxylic acids is 1. The van der Waals surface area contributed by atoms with Crippen LogP contribution >= 0.6 is 11.3 Å². The molecule has 1 atom stereocenters. The Bertz CT molecular complexity index is 1510. The van der Waals surface area contributed by atoms with Crippen LogP contribution in [0.25, 0.3) is 20.9 Å². The lowest BCUT2D eigenvalue weighted by Crippen LogP contribution is -2.23. The fourth-order valence-electron chi connectivity index (χ4n) is 4.51. The molecule has 2 N–H and O–H groups in total. The summed E-state index contributed by atoms with van der Waals surface area (Å²) in [6.45, 7) is 2.65. The minimum absolute atomic E-state index is 0.0830. The summed E-state index contributed by atoms with van der Waals surface area (Å²) < 4.78 is 44.3. The zero-order valence-corrected chi connectivity index (χ0v) is 19.3. The summed E-state index contributed by atoms with van der Waals surface area (Å²) in [5.74, 6) is -1.66. The molecule has 0 radical (unpaired) electrons. The number of thiophene rings is 1. The SMILES string of the molecule is Cc1c(S(=O)(=O)Nc2ccc(N3CC[C@@H](C(=O)O)C3)c3ccccc23)sc2cccc(F)c12. The minimum Gasteiger partial charge on any atom is -0.481 e. The van der Waals surface area contributed by atoms with Gasteiger partial charge in [0, 0.05) is 39.6 Å². The molecule has 1 aliphatic rings. The summed E-state index contributed by atoms with van der Waals surface area (Å²) in [5.41, 5.74) is 1.68. The first kappa shape index (κ1) is 21.7. The van der Waals surface area contributed by atoms with E-state index in [9.17, 15) is 22.7 Å². The summed E-state index contributed by atoms with van der Waals surface area (Å²) in [5, 5.41) is 11.2. The normalized spacial score (nSPS) is 16.5. The Morgan fingerprint density at radius 3 is 2.58 bits per heavy atom. The number of sulfonamides is 1. The first-order valence-corrected chi connectivity index (χ1v) is 12.8. The highest BCUT2D eigenvalue weighted by Crippen LogP contribution is 2.39. The van der Waals surface area contributed by atoms with Crippen LogP contribution in [0.15, 0.2) is 58.8 Å². The standard InChI is InChI=1S/C24H21FN2O4S2/c1-14-22-18(25)7-4-8-21(22)32-24(14)33(30,31)26-19-9-10-20(17-6-3-2-5-16(17)19)27-12-11-15(13-27)23(28)29/h2-10,15,26H,11-13H2,1H3,(H,28,29)/t15-/m1/s1. The third-order valence-electron chi connectivity index (χ3n) is 6.13. The number of fused-ring (bicyclic) bond motifs is 2. The van der Waals surface area contributed by atoms with Gasteiger partial charge in [-0.1, -0.05) is 30.3 Å². The van der Waals surface area contributed by atoms with Crippen molar-refractivity contribution in [2.75, 3.05) is 22.7 Å². The minimum atomic E-state index is -3.96. The van der Waals surface area contributed by atoms with Gasteiger partial charge in [-0.15, -0.1) is 11.3 Å². The van der Waals surface area contributed by atoms with Crippen LogP contribution in [0, 0.1) is 18.7 Å². The lowest BCUT2D eigenvalue weighted by molar-refractivity contribution is -0.140. The molecular formula is C24H21FN2O4S2. The molecular weight excluding hydrogens is 463 g/mol. The Kier molecular flexibility index (Phi) is 5.25. The van der Waals surface area contributed by atoms with Crippen molar-refractivity contribution in [3.8, 4) is 0 Å². The molecule has 0 unspecified atom stereocenters. The molecule has 0 aliphatic carbocycles. The second kappa shape index (κ2) is 8.00. The van der Waals surface area contributed by atoms with E-state index in [0.717, 1.165) is 22.4 Å². The van der Waals surface area contributed by atoms with E-state index in [4.69, 9.17) is 0 Å². The van der Waals surface area contributed by atoms with E-state index in [0.29, 0.717) is 46.2 Å². The molecule has 9 heteroatoms. The van der Waals surface area contributed by atoms with Crippen LogP contribution in [-0.4, -0.2) is 32.6 Å². The first-order chi connectivity index (χ1) is 15.8. The molecule has 0 spiro atoms. The monoisotopic (exact) mass is 484 g/mol. The highest BCUT2D eigenvalue weighted by Gasteiger charge is 2.29. The number of nitrogens with zero attached hydrogens (tertiary/aromatic N) is 1. The second-order valence-corrected chi connectivity index (χ2v) is 11.1. The molecule has 4 aromatic rings. The van der Waals surface area contributed by atoms with Gasteiger partial charge in [-0.3, -0.25) is 9.52 Å². The van der Waals surface area contributed by atoms with Crippen molar-refractivity contribution < 1.29 is 22.7 Å². The molecule has 0 amide bonds. The fraction of sp³-hybridized carbons (Fsp3) is 0.208. The Balaban J connectivity index is 1.55. The topological polar surface area (TPSA) is 86.7 Å². The number of hydrogen-bond acceptors (Lipinski definition) is 5. The number of carboxylic acid groups (broad SMARTS) is 1. The van der Waals surface area contributed by atoms with Crippen LogP contribution in [0.4, 0.5) is 15.8 Å². The molecule has 170 valence electrons. The van der Waals surface area contributed by atoms with Crippen LogP contribution in [0.5, 0.6) is 0 Å². The summed E-state index contributed by atoms with van der Waals surface area (Å²) in [6.07, 6.45) is 0.569. The van der Waals surface area contributed by atoms with E-state index < -0.39 is 27.7 Å². The Morgan fingerprint density at radius 2 is 1.88 bits per heavy atom. The number of hydrogen-bond donors (Lipinski definition) is 2. The summed E-state index contributed by atoms with van der Waals surface area (Å²) in [7, 11) is -3.96. The van der Waals surface area contributed by atoms with Crippen molar-refractivity contribution in [1.82, 2.24) is 0 Å². The number of carbonyl (C=O) groups is 1. The van der Waals surface area contributed by atoms with Gasteiger partial charge < -0.3 is 10.0 Å². The molecule has 1 aromatic heterocycles. The van der Waals surface area contributed by atoms with E-state index in [1.807, 2.05) is 35.2 Å². The summed E-state index contributed by atoms with van der Waals surface area (Å²) in [6, 6.07) is 15.5. The van der Waals surface area contributed by atoms with Crippen molar-refractivity contribution in [3.63, 3.8) is 0 Å². The summed E-state index contributed by atoms with van der Waals surface area (Å²) in [4.78, 5) is 13.4. The average Bonchev–Trinajstić information content (AvgIpc) is 3.40. The zero-order chi connectivity index (χ0) is 23.3. The molecule has 0 bridgehead atoms. The average molecular weight is 485 g/mol. The van der Waals surface area contributed by atoms with E-state index in [-0.39, 0.29) is 4.21 Å². The van der Waals surface area contributed by atoms with Gasteiger partial charge in [-0.25, -0.2) is 12.8 Å². The number of halogens is 1. The maximum Gasteiger partial charge on any atom is 0.308 e. The van der Waals surface area contributed by atoms with Gasteiger partial charge in [0.1, 0.15) is 10.0 Å². The van der Waals surface area contributed by atoms with Crippen LogP contribution in [0.1, 0.15) is 12.0 Å². The van der Waals surface area contributed by atoms with Gasteiger partial charge in [-0.05, 0) is 43.2 Å². The van der Waals surface area contributed by atoms with Crippen molar-refractivity contribution in [1.29, 1.82) is 0 Å². The smallest absolute Gasteiger partial charge is 0.308 e. The van der Waals surface area contributed by atoms with Gasteiger partial charge in [0.2, 0.25) is 0 Å². The maximum atomic E-state index is 14.3. The van der Waals surface area contributed by atoms with Gasteiger partial charge in [0.25, 0.3) is 10.0 Å². The van der Waals surface area contributed by atoms with Crippen LogP contribution in [0.2, 0.25) is 0 Å². The van der Waals surface area contributed by atoms with E-state index in [1.165, 1.54) is 6.07 Å². The number of nitrogens with one attached hydrogen (secondary N) is 1. The van der Waals surface area contributed by atoms with Crippen molar-refractivity contribution >= 4 is 59.6 Å². The largest absolute Gasteiger partial charge is 0.481 e. The number of carboxylic acids is 1. The third-order valence-corrected chi connectivity index (χ3v) is 9.37. The van der Waals surface area contributed by atoms with Crippen LogP contribution in [-0.2, 0) is 14.8 Å². The van der Waals surface area contributed by atoms with Crippen molar-refractivity contribution in [3.05, 3.63) is 66.0 Å². The number of rotatable bonds is 5. The number of aryl methyl sites for hydroxylation is 1. The van der Waals surface area contributed by atoms with E-state index in [1.54, 1.807) is 25.1 Å². The molecule has 0 saturated carbocycles. The van der Waals surface area contributed by atoms with Gasteiger partial charge in [0.05, 0.1) is 11.6 Å². The second-order valence-electron chi connectivity index (χ2n) is 8.18. The van der Waals surface area contributed by atoms with Crippen molar-refractivity contribution in [2.24, 2.45) is 5.92 Å². The molecule has 3 aromatic carbocycles. The van der Waals surface area contributed by atoms with Crippen LogP contribution in [0.3, 0.4) is 0 Å². The predicted molar refractivity (Wildman–Crippen MR) is 129 cm³/mol. The van der Waals surface area contributed by atoms with Crippen LogP contribution < -0.4 is 9.62 Å². The molecule has 33 heavy (non-hydrogen) atoms. The number of benzene rings is 3. The Morgan fingerprint density at radius 1 is 1.12 bits per heavy atom. The highest BCUT2D eigenvalue weighted by molar-refractivity contribution is 7.95. The molecule has 6 nitrogen and oxygen atoms in total. The third kappa shape index (κ3) is 3.71. The molecule has 2 heterocycles. The predicted octanol–water partition coefficient (Wildman–Crippen LogP) is 5.21.